The SMILES string of the molecule is Nc1cccc2c1C(=O)N(CC(=O)O)C2. The standard InChI is InChI=1S/C10H10N2O3/c11-7-3-1-2-6-4-12(5-8(13)14)10(15)9(6)7/h1-3H,4-5,11H2,(H,13,14). The van der Waals surface area contributed by atoms with Gasteiger partial charge in [-0.3, -0.25) is 9.59 Å². The third kappa shape index (κ3) is 1.52. The Hall–Kier alpha value is -2.04. The molecule has 15 heavy (non-hydrogen) atoms. The molecule has 0 unspecified atom stereocenters. The van der Waals surface area contributed by atoms with Crippen molar-refractivity contribution in [3.05, 3.63) is 29.3 Å². The maximum absolute atomic E-state index is 11.7. The van der Waals surface area contributed by atoms with Crippen LogP contribution in [0.1, 0.15) is 15.9 Å². The molecule has 0 atom stereocenters. The summed E-state index contributed by atoms with van der Waals surface area (Å²) in [5, 5.41) is 8.61. The van der Waals surface area contributed by atoms with Gasteiger partial charge < -0.3 is 15.7 Å². The number of hydrogen-bond acceptors (Lipinski definition) is 3. The zero-order valence-corrected chi connectivity index (χ0v) is 7.93. The van der Waals surface area contributed by atoms with Gasteiger partial charge in [-0.05, 0) is 11.6 Å². The average Bonchev–Trinajstić information content (AvgIpc) is 2.44. The van der Waals surface area contributed by atoms with E-state index in [2.05, 4.69) is 0 Å². The van der Waals surface area contributed by atoms with Crippen LogP contribution >= 0.6 is 0 Å². The molecule has 5 nitrogen and oxygen atoms in total. The Labute approximate surface area is 86.1 Å². The topological polar surface area (TPSA) is 83.6 Å². The van der Waals surface area contributed by atoms with Crippen molar-refractivity contribution < 1.29 is 14.7 Å². The predicted octanol–water partition coefficient (Wildman–Crippen LogP) is 0.309. The van der Waals surface area contributed by atoms with Gasteiger partial charge in [-0.1, -0.05) is 12.1 Å². The Kier molecular flexibility index (Phi) is 2.07. The van der Waals surface area contributed by atoms with Crippen molar-refractivity contribution in [2.75, 3.05) is 12.3 Å². The molecule has 0 aliphatic carbocycles. The Morgan fingerprint density at radius 2 is 2.27 bits per heavy atom. The molecule has 0 spiro atoms. The molecule has 5 heteroatoms. The molecule has 0 aromatic heterocycles. The second kappa shape index (κ2) is 3.27. The van der Waals surface area contributed by atoms with Gasteiger partial charge in [-0.15, -0.1) is 0 Å². The number of aliphatic carboxylic acids is 1. The largest absolute Gasteiger partial charge is 0.480 e. The van der Waals surface area contributed by atoms with Crippen LogP contribution in [-0.4, -0.2) is 28.4 Å². The lowest BCUT2D eigenvalue weighted by Crippen LogP contribution is -2.30. The van der Waals surface area contributed by atoms with Gasteiger partial charge in [0.1, 0.15) is 6.54 Å². The number of carbonyl (C=O) groups is 2. The van der Waals surface area contributed by atoms with Crippen molar-refractivity contribution in [2.45, 2.75) is 6.54 Å². The zero-order valence-electron chi connectivity index (χ0n) is 7.93. The molecule has 0 bridgehead atoms. The number of carboxylic acids is 1. The Morgan fingerprint density at radius 1 is 1.53 bits per heavy atom. The molecule has 78 valence electrons. The molecule has 3 N–H and O–H groups in total. The highest BCUT2D eigenvalue weighted by molar-refractivity contribution is 6.04. The smallest absolute Gasteiger partial charge is 0.323 e. The van der Waals surface area contributed by atoms with Crippen LogP contribution in [-0.2, 0) is 11.3 Å². The van der Waals surface area contributed by atoms with Crippen LogP contribution in [0.25, 0.3) is 0 Å². The number of carbonyl (C=O) groups excluding carboxylic acids is 1. The molecule has 0 fully saturated rings. The fourth-order valence-corrected chi connectivity index (χ4v) is 1.74. The first-order valence-corrected chi connectivity index (χ1v) is 4.48. The number of anilines is 1. The molecule has 0 radical (unpaired) electrons. The fraction of sp³-hybridized carbons (Fsp3) is 0.200. The van der Waals surface area contributed by atoms with Crippen molar-refractivity contribution in [3.8, 4) is 0 Å². The number of rotatable bonds is 2. The molecule has 1 aliphatic rings. The first kappa shape index (κ1) is 9.51. The van der Waals surface area contributed by atoms with Gasteiger partial charge >= 0.3 is 5.97 Å². The summed E-state index contributed by atoms with van der Waals surface area (Å²) < 4.78 is 0. The van der Waals surface area contributed by atoms with E-state index in [1.54, 1.807) is 18.2 Å². The van der Waals surface area contributed by atoms with Crippen LogP contribution in [0, 0.1) is 0 Å². The van der Waals surface area contributed by atoms with Crippen molar-refractivity contribution in [2.24, 2.45) is 0 Å². The highest BCUT2D eigenvalue weighted by Gasteiger charge is 2.30. The van der Waals surface area contributed by atoms with Gasteiger partial charge in [0.25, 0.3) is 5.91 Å². The van der Waals surface area contributed by atoms with Crippen LogP contribution in [0.3, 0.4) is 0 Å². The lowest BCUT2D eigenvalue weighted by atomic mass is 10.1. The van der Waals surface area contributed by atoms with E-state index in [4.69, 9.17) is 10.8 Å². The van der Waals surface area contributed by atoms with E-state index in [-0.39, 0.29) is 12.5 Å². The monoisotopic (exact) mass is 206 g/mol. The quantitative estimate of drug-likeness (QED) is 0.682. The van der Waals surface area contributed by atoms with E-state index >= 15 is 0 Å². The van der Waals surface area contributed by atoms with Crippen LogP contribution in [0.5, 0.6) is 0 Å². The van der Waals surface area contributed by atoms with Gasteiger partial charge in [-0.25, -0.2) is 0 Å². The summed E-state index contributed by atoms with van der Waals surface area (Å²) in [5.74, 6) is -1.32. The van der Waals surface area contributed by atoms with E-state index in [9.17, 15) is 9.59 Å². The van der Waals surface area contributed by atoms with Crippen molar-refractivity contribution in [3.63, 3.8) is 0 Å². The van der Waals surface area contributed by atoms with E-state index < -0.39 is 5.97 Å². The summed E-state index contributed by atoms with van der Waals surface area (Å²) in [6, 6.07) is 5.18. The first-order valence-electron chi connectivity index (χ1n) is 4.48. The van der Waals surface area contributed by atoms with Crippen LogP contribution in [0.15, 0.2) is 18.2 Å². The second-order valence-electron chi connectivity index (χ2n) is 3.44. The van der Waals surface area contributed by atoms with Gasteiger partial charge in [0.05, 0.1) is 5.56 Å². The lowest BCUT2D eigenvalue weighted by Gasteiger charge is -2.11. The number of nitrogen functional groups attached to an aromatic ring is 1. The maximum Gasteiger partial charge on any atom is 0.323 e. The van der Waals surface area contributed by atoms with Gasteiger partial charge in [0.15, 0.2) is 0 Å². The highest BCUT2D eigenvalue weighted by atomic mass is 16.4. The minimum absolute atomic E-state index is 0.285. The van der Waals surface area contributed by atoms with E-state index in [1.807, 2.05) is 0 Å². The minimum Gasteiger partial charge on any atom is -0.480 e. The number of carboxylic acid groups (broad SMARTS) is 1. The molecule has 1 aromatic carbocycles. The Morgan fingerprint density at radius 3 is 2.87 bits per heavy atom. The molecule has 1 aromatic rings. The summed E-state index contributed by atoms with van der Waals surface area (Å²) in [6.45, 7) is 0.0401. The third-order valence-corrected chi connectivity index (χ3v) is 2.37. The maximum atomic E-state index is 11.7. The van der Waals surface area contributed by atoms with Crippen molar-refractivity contribution >= 4 is 17.6 Å². The summed E-state index contributed by atoms with van der Waals surface area (Å²) in [4.78, 5) is 23.5. The number of nitrogens with two attached hydrogens (primary N) is 1. The van der Waals surface area contributed by atoms with Crippen molar-refractivity contribution in [1.29, 1.82) is 0 Å². The normalized spacial score (nSPS) is 14.1. The molecule has 1 aliphatic heterocycles. The Balaban J connectivity index is 2.34. The lowest BCUT2D eigenvalue weighted by molar-refractivity contribution is -0.137. The minimum atomic E-state index is -1.02. The second-order valence-corrected chi connectivity index (χ2v) is 3.44. The number of benzene rings is 1. The van der Waals surface area contributed by atoms with Gasteiger partial charge in [0.2, 0.25) is 0 Å². The van der Waals surface area contributed by atoms with Crippen LogP contribution < -0.4 is 5.73 Å². The Bertz CT molecular complexity index is 442. The van der Waals surface area contributed by atoms with Crippen LogP contribution in [0.4, 0.5) is 5.69 Å². The molecular formula is C10H10N2O3. The predicted molar refractivity (Wildman–Crippen MR) is 53.2 cm³/mol. The highest BCUT2D eigenvalue weighted by Crippen LogP contribution is 2.26. The number of fused-ring (bicyclic) bond motifs is 1. The molecular weight excluding hydrogens is 196 g/mol. The summed E-state index contributed by atoms with van der Waals surface area (Å²) in [7, 11) is 0. The van der Waals surface area contributed by atoms with E-state index in [0.717, 1.165) is 5.56 Å². The molecule has 2 rings (SSSR count). The first-order chi connectivity index (χ1) is 7.09. The molecule has 1 amide bonds. The fourth-order valence-electron chi connectivity index (χ4n) is 1.74. The number of nitrogens with zero attached hydrogens (tertiary/aromatic N) is 1. The average molecular weight is 206 g/mol. The van der Waals surface area contributed by atoms with Gasteiger partial charge in [0, 0.05) is 12.2 Å². The van der Waals surface area contributed by atoms with Gasteiger partial charge in [-0.2, -0.15) is 0 Å². The molecule has 1 heterocycles. The summed E-state index contributed by atoms with van der Waals surface area (Å²) in [5.41, 5.74) is 7.30. The van der Waals surface area contributed by atoms with E-state index in [1.165, 1.54) is 4.90 Å². The van der Waals surface area contributed by atoms with Crippen molar-refractivity contribution in [1.82, 2.24) is 4.90 Å². The number of amides is 1. The summed E-state index contributed by atoms with van der Waals surface area (Å²) in [6.07, 6.45) is 0. The molecule has 0 saturated carbocycles. The van der Waals surface area contributed by atoms with E-state index in [0.29, 0.717) is 17.8 Å². The summed E-state index contributed by atoms with van der Waals surface area (Å²) >= 11 is 0. The third-order valence-electron chi connectivity index (χ3n) is 2.37. The molecule has 0 saturated heterocycles. The zero-order chi connectivity index (χ0) is 11.0. The number of hydrogen-bond donors (Lipinski definition) is 2. The van der Waals surface area contributed by atoms with Crippen LogP contribution in [0.2, 0.25) is 0 Å².